The minimum Gasteiger partial charge on any atom is -0.327 e. The smallest absolute Gasteiger partial charge is 0.0139 e. The van der Waals surface area contributed by atoms with Gasteiger partial charge in [0.15, 0.2) is 0 Å². The maximum absolute atomic E-state index is 5.66. The van der Waals surface area contributed by atoms with Crippen molar-refractivity contribution in [1.29, 1.82) is 0 Å². The summed E-state index contributed by atoms with van der Waals surface area (Å²) in [5.74, 6) is 0.797. The lowest BCUT2D eigenvalue weighted by atomic mass is 10.1. The van der Waals surface area contributed by atoms with Crippen LogP contribution in [0.4, 0.5) is 0 Å². The molecule has 0 rings (SSSR count). The van der Waals surface area contributed by atoms with Crippen molar-refractivity contribution in [1.82, 2.24) is 4.90 Å². The number of rotatable bonds is 5. The van der Waals surface area contributed by atoms with Crippen LogP contribution in [0.25, 0.3) is 0 Å². The zero-order chi connectivity index (χ0) is 8.85. The SMILES string of the molecule is CC(C)CCN(C)CC(C)N. The van der Waals surface area contributed by atoms with Gasteiger partial charge in [0.05, 0.1) is 0 Å². The van der Waals surface area contributed by atoms with E-state index in [1.807, 2.05) is 6.92 Å². The van der Waals surface area contributed by atoms with Crippen molar-refractivity contribution >= 4 is 0 Å². The highest BCUT2D eigenvalue weighted by Crippen LogP contribution is 2.00. The molecule has 0 spiro atoms. The minimum atomic E-state index is 0.298. The molecule has 0 bridgehead atoms. The van der Waals surface area contributed by atoms with Crippen LogP contribution in [0.2, 0.25) is 0 Å². The van der Waals surface area contributed by atoms with Crippen molar-refractivity contribution < 1.29 is 0 Å². The summed E-state index contributed by atoms with van der Waals surface area (Å²) in [5.41, 5.74) is 5.66. The van der Waals surface area contributed by atoms with Gasteiger partial charge in [-0.15, -0.1) is 0 Å². The van der Waals surface area contributed by atoms with Crippen molar-refractivity contribution in [2.24, 2.45) is 11.7 Å². The van der Waals surface area contributed by atoms with Crippen molar-refractivity contribution in [3.8, 4) is 0 Å². The van der Waals surface area contributed by atoms with E-state index in [0.29, 0.717) is 6.04 Å². The van der Waals surface area contributed by atoms with Gasteiger partial charge in [-0.05, 0) is 32.9 Å². The van der Waals surface area contributed by atoms with Crippen LogP contribution >= 0.6 is 0 Å². The molecule has 68 valence electrons. The van der Waals surface area contributed by atoms with Gasteiger partial charge in [0.2, 0.25) is 0 Å². The van der Waals surface area contributed by atoms with Gasteiger partial charge in [0.1, 0.15) is 0 Å². The lowest BCUT2D eigenvalue weighted by molar-refractivity contribution is 0.297. The fourth-order valence-corrected chi connectivity index (χ4v) is 1.06. The van der Waals surface area contributed by atoms with Crippen molar-refractivity contribution in [3.63, 3.8) is 0 Å². The van der Waals surface area contributed by atoms with E-state index in [-0.39, 0.29) is 0 Å². The Morgan fingerprint density at radius 3 is 2.18 bits per heavy atom. The summed E-state index contributed by atoms with van der Waals surface area (Å²) in [6, 6.07) is 0.298. The summed E-state index contributed by atoms with van der Waals surface area (Å²) in [6.07, 6.45) is 1.27. The van der Waals surface area contributed by atoms with E-state index in [0.717, 1.165) is 12.5 Å². The zero-order valence-electron chi connectivity index (χ0n) is 8.30. The molecular formula is C9H22N2. The molecule has 0 fully saturated rings. The summed E-state index contributed by atoms with van der Waals surface area (Å²) < 4.78 is 0. The third-order valence-corrected chi connectivity index (χ3v) is 1.69. The van der Waals surface area contributed by atoms with Gasteiger partial charge in [-0.1, -0.05) is 13.8 Å². The summed E-state index contributed by atoms with van der Waals surface area (Å²) in [4.78, 5) is 2.30. The van der Waals surface area contributed by atoms with Gasteiger partial charge in [-0.2, -0.15) is 0 Å². The Hall–Kier alpha value is -0.0800. The Kier molecular flexibility index (Phi) is 5.51. The van der Waals surface area contributed by atoms with E-state index in [1.165, 1.54) is 13.0 Å². The van der Waals surface area contributed by atoms with Gasteiger partial charge in [0, 0.05) is 12.6 Å². The molecule has 1 atom stereocenters. The largest absolute Gasteiger partial charge is 0.327 e. The lowest BCUT2D eigenvalue weighted by Crippen LogP contribution is -2.33. The van der Waals surface area contributed by atoms with E-state index < -0.39 is 0 Å². The molecule has 0 amide bonds. The van der Waals surface area contributed by atoms with Gasteiger partial charge in [0.25, 0.3) is 0 Å². The maximum Gasteiger partial charge on any atom is 0.0139 e. The Morgan fingerprint density at radius 2 is 1.82 bits per heavy atom. The second-order valence-corrected chi connectivity index (χ2v) is 3.92. The van der Waals surface area contributed by atoms with Crippen LogP contribution in [0.1, 0.15) is 27.2 Å². The highest BCUT2D eigenvalue weighted by Gasteiger charge is 2.02. The van der Waals surface area contributed by atoms with E-state index in [4.69, 9.17) is 5.73 Å². The summed E-state index contributed by atoms with van der Waals surface area (Å²) >= 11 is 0. The lowest BCUT2D eigenvalue weighted by Gasteiger charge is -2.19. The fourth-order valence-electron chi connectivity index (χ4n) is 1.06. The summed E-state index contributed by atoms with van der Waals surface area (Å²) in [7, 11) is 2.13. The van der Waals surface area contributed by atoms with E-state index in [1.54, 1.807) is 0 Å². The topological polar surface area (TPSA) is 29.3 Å². The van der Waals surface area contributed by atoms with Crippen LogP contribution in [0.5, 0.6) is 0 Å². The van der Waals surface area contributed by atoms with Crippen LogP contribution in [-0.2, 0) is 0 Å². The predicted molar refractivity (Wildman–Crippen MR) is 50.6 cm³/mol. The molecule has 1 unspecified atom stereocenters. The van der Waals surface area contributed by atoms with Crippen LogP contribution in [0.15, 0.2) is 0 Å². The quantitative estimate of drug-likeness (QED) is 0.653. The Morgan fingerprint density at radius 1 is 1.27 bits per heavy atom. The number of likely N-dealkylation sites (N-methyl/N-ethyl adjacent to an activating group) is 1. The monoisotopic (exact) mass is 158 g/mol. The maximum atomic E-state index is 5.66. The highest BCUT2D eigenvalue weighted by atomic mass is 15.1. The van der Waals surface area contributed by atoms with Gasteiger partial charge in [-0.25, -0.2) is 0 Å². The molecule has 2 N–H and O–H groups in total. The molecule has 0 saturated heterocycles. The Balaban J connectivity index is 3.29. The van der Waals surface area contributed by atoms with E-state index in [2.05, 4.69) is 25.8 Å². The molecule has 0 aromatic carbocycles. The molecule has 0 aliphatic rings. The summed E-state index contributed by atoms with van der Waals surface area (Å²) in [6.45, 7) is 8.72. The van der Waals surface area contributed by atoms with Crippen LogP contribution in [0.3, 0.4) is 0 Å². The first-order chi connectivity index (χ1) is 5.02. The van der Waals surface area contributed by atoms with Crippen molar-refractivity contribution in [3.05, 3.63) is 0 Å². The number of nitrogens with two attached hydrogens (primary N) is 1. The molecule has 0 heterocycles. The Bertz CT molecular complexity index is 89.6. The van der Waals surface area contributed by atoms with Crippen LogP contribution < -0.4 is 5.73 Å². The first-order valence-corrected chi connectivity index (χ1v) is 4.46. The Labute approximate surface area is 70.8 Å². The average Bonchev–Trinajstić information content (AvgIpc) is 1.82. The fraction of sp³-hybridized carbons (Fsp3) is 1.00. The van der Waals surface area contributed by atoms with Crippen LogP contribution in [-0.4, -0.2) is 31.1 Å². The molecule has 11 heavy (non-hydrogen) atoms. The molecule has 0 radical (unpaired) electrons. The molecular weight excluding hydrogens is 136 g/mol. The third kappa shape index (κ3) is 7.82. The summed E-state index contributed by atoms with van der Waals surface area (Å²) in [5, 5.41) is 0. The zero-order valence-corrected chi connectivity index (χ0v) is 8.30. The first kappa shape index (κ1) is 10.9. The molecule has 0 saturated carbocycles. The normalized spacial score (nSPS) is 14.5. The number of hydrogen-bond acceptors (Lipinski definition) is 2. The van der Waals surface area contributed by atoms with Crippen molar-refractivity contribution in [2.75, 3.05) is 20.1 Å². The minimum absolute atomic E-state index is 0.298. The number of hydrogen-bond donors (Lipinski definition) is 1. The molecule has 0 aromatic heterocycles. The molecule has 0 aromatic rings. The van der Waals surface area contributed by atoms with Crippen molar-refractivity contribution in [2.45, 2.75) is 33.2 Å². The molecule has 0 aliphatic carbocycles. The molecule has 0 aliphatic heterocycles. The second-order valence-electron chi connectivity index (χ2n) is 3.92. The van der Waals surface area contributed by atoms with Crippen LogP contribution in [0, 0.1) is 5.92 Å². The predicted octanol–water partition coefficient (Wildman–Crippen LogP) is 1.31. The standard InChI is InChI=1S/C9H22N2/c1-8(2)5-6-11(4)7-9(3)10/h8-9H,5-7,10H2,1-4H3. The van der Waals surface area contributed by atoms with Gasteiger partial charge >= 0.3 is 0 Å². The molecule has 2 heteroatoms. The van der Waals surface area contributed by atoms with Gasteiger partial charge < -0.3 is 10.6 Å². The van der Waals surface area contributed by atoms with E-state index >= 15 is 0 Å². The number of nitrogens with zero attached hydrogens (tertiary/aromatic N) is 1. The molecule has 2 nitrogen and oxygen atoms in total. The highest BCUT2D eigenvalue weighted by molar-refractivity contribution is 4.60. The third-order valence-electron chi connectivity index (χ3n) is 1.69. The first-order valence-electron chi connectivity index (χ1n) is 4.46. The van der Waals surface area contributed by atoms with Gasteiger partial charge in [-0.3, -0.25) is 0 Å². The average molecular weight is 158 g/mol. The van der Waals surface area contributed by atoms with E-state index in [9.17, 15) is 0 Å². The second kappa shape index (κ2) is 5.56.